The Balaban J connectivity index is 1.78. The van der Waals surface area contributed by atoms with Crippen molar-refractivity contribution >= 4 is 23.7 Å². The van der Waals surface area contributed by atoms with Gasteiger partial charge in [-0.25, -0.2) is 9.59 Å². The maximum absolute atomic E-state index is 12.7. The number of para-hydroxylation sites is 1. The highest BCUT2D eigenvalue weighted by molar-refractivity contribution is 5.89. The Kier molecular flexibility index (Phi) is 5.01. The zero-order chi connectivity index (χ0) is 18.7. The molecular formula is C18H25N5O3. The summed E-state index contributed by atoms with van der Waals surface area (Å²) >= 11 is 0. The van der Waals surface area contributed by atoms with E-state index < -0.39 is 5.41 Å². The van der Waals surface area contributed by atoms with Crippen LogP contribution in [-0.2, 0) is 4.79 Å². The summed E-state index contributed by atoms with van der Waals surface area (Å²) < 4.78 is 0. The molecule has 2 saturated heterocycles. The molecule has 2 aliphatic heterocycles. The summed E-state index contributed by atoms with van der Waals surface area (Å²) in [5.41, 5.74) is 0.269. The Bertz CT molecular complexity index is 693. The molecule has 1 spiro atoms. The van der Waals surface area contributed by atoms with Crippen molar-refractivity contribution in [3.05, 3.63) is 30.3 Å². The molecule has 8 nitrogen and oxygen atoms in total. The lowest BCUT2D eigenvalue weighted by molar-refractivity contribution is -0.119. The summed E-state index contributed by atoms with van der Waals surface area (Å²) in [4.78, 5) is 42.0. The van der Waals surface area contributed by atoms with Gasteiger partial charge in [0.1, 0.15) is 0 Å². The number of anilines is 1. The standard InChI is InChI=1S/C18H25N5O3/c1-21(2)17(26)23-9-8-22(12-18(13-23)10-15(24)19-11-18)16(25)20-14-6-4-3-5-7-14/h3-7H,8-13H2,1-2H3,(H,19,24)(H,20,25)/t18-/m0/s1. The minimum atomic E-state index is -0.451. The van der Waals surface area contributed by atoms with E-state index in [0.717, 1.165) is 5.69 Å². The molecule has 0 aliphatic carbocycles. The molecule has 2 fully saturated rings. The minimum Gasteiger partial charge on any atom is -0.355 e. The van der Waals surface area contributed by atoms with Gasteiger partial charge in [0, 0.05) is 64.3 Å². The number of nitrogens with one attached hydrogen (secondary N) is 2. The highest BCUT2D eigenvalue weighted by Crippen LogP contribution is 2.31. The topological polar surface area (TPSA) is 85.0 Å². The number of urea groups is 2. The average Bonchev–Trinajstić information content (AvgIpc) is 2.86. The molecule has 2 N–H and O–H groups in total. The highest BCUT2D eigenvalue weighted by Gasteiger charge is 2.45. The molecule has 1 atom stereocenters. The van der Waals surface area contributed by atoms with Crippen molar-refractivity contribution in [1.82, 2.24) is 20.0 Å². The molecule has 0 aromatic heterocycles. The Hall–Kier alpha value is -2.77. The van der Waals surface area contributed by atoms with Gasteiger partial charge in [-0.1, -0.05) is 18.2 Å². The molecule has 8 heteroatoms. The third kappa shape index (κ3) is 3.89. The van der Waals surface area contributed by atoms with Crippen LogP contribution in [0.15, 0.2) is 30.3 Å². The zero-order valence-electron chi connectivity index (χ0n) is 15.2. The van der Waals surface area contributed by atoms with Crippen molar-refractivity contribution in [1.29, 1.82) is 0 Å². The summed E-state index contributed by atoms with van der Waals surface area (Å²) in [6.45, 7) is 2.22. The molecular weight excluding hydrogens is 334 g/mol. The number of hydrogen-bond donors (Lipinski definition) is 2. The van der Waals surface area contributed by atoms with Gasteiger partial charge < -0.3 is 25.3 Å². The van der Waals surface area contributed by atoms with Crippen LogP contribution in [0.3, 0.4) is 0 Å². The average molecular weight is 359 g/mol. The molecule has 1 aromatic rings. The van der Waals surface area contributed by atoms with Gasteiger partial charge in [0.05, 0.1) is 0 Å². The quantitative estimate of drug-likeness (QED) is 0.785. The van der Waals surface area contributed by atoms with Crippen LogP contribution in [0.4, 0.5) is 15.3 Å². The molecule has 0 unspecified atom stereocenters. The van der Waals surface area contributed by atoms with Crippen molar-refractivity contribution in [2.75, 3.05) is 52.1 Å². The first-order valence-corrected chi connectivity index (χ1v) is 8.72. The molecule has 26 heavy (non-hydrogen) atoms. The summed E-state index contributed by atoms with van der Waals surface area (Å²) in [7, 11) is 3.41. The van der Waals surface area contributed by atoms with E-state index in [0.29, 0.717) is 39.1 Å². The molecule has 140 valence electrons. The van der Waals surface area contributed by atoms with Crippen LogP contribution in [0.25, 0.3) is 0 Å². The van der Waals surface area contributed by atoms with Crippen molar-refractivity contribution in [2.24, 2.45) is 5.41 Å². The van der Waals surface area contributed by atoms with E-state index in [2.05, 4.69) is 10.6 Å². The van der Waals surface area contributed by atoms with Crippen LogP contribution >= 0.6 is 0 Å². The maximum Gasteiger partial charge on any atom is 0.321 e. The van der Waals surface area contributed by atoms with Crippen molar-refractivity contribution in [3.8, 4) is 0 Å². The van der Waals surface area contributed by atoms with E-state index in [4.69, 9.17) is 0 Å². The van der Waals surface area contributed by atoms with E-state index in [1.54, 1.807) is 23.9 Å². The van der Waals surface area contributed by atoms with Crippen molar-refractivity contribution in [3.63, 3.8) is 0 Å². The third-order valence-electron chi connectivity index (χ3n) is 4.85. The molecule has 2 heterocycles. The summed E-state index contributed by atoms with van der Waals surface area (Å²) in [6.07, 6.45) is 0.319. The normalized spacial score (nSPS) is 22.8. The van der Waals surface area contributed by atoms with E-state index in [1.165, 1.54) is 4.90 Å². The number of amides is 5. The van der Waals surface area contributed by atoms with E-state index in [1.807, 2.05) is 30.3 Å². The maximum atomic E-state index is 12.7. The second kappa shape index (κ2) is 7.23. The van der Waals surface area contributed by atoms with Gasteiger partial charge in [-0.3, -0.25) is 4.79 Å². The lowest BCUT2D eigenvalue weighted by Crippen LogP contribution is -2.47. The first-order valence-electron chi connectivity index (χ1n) is 8.72. The van der Waals surface area contributed by atoms with E-state index in [9.17, 15) is 14.4 Å². The number of benzene rings is 1. The van der Waals surface area contributed by atoms with E-state index in [-0.39, 0.29) is 18.0 Å². The van der Waals surface area contributed by atoms with Gasteiger partial charge in [0.2, 0.25) is 5.91 Å². The molecule has 0 saturated carbocycles. The molecule has 0 bridgehead atoms. The molecule has 0 radical (unpaired) electrons. The van der Waals surface area contributed by atoms with Crippen LogP contribution in [-0.4, -0.2) is 79.5 Å². The van der Waals surface area contributed by atoms with Gasteiger partial charge in [-0.15, -0.1) is 0 Å². The second-order valence-electron chi connectivity index (χ2n) is 7.27. The van der Waals surface area contributed by atoms with Gasteiger partial charge in [0.15, 0.2) is 0 Å². The van der Waals surface area contributed by atoms with Gasteiger partial charge in [0.25, 0.3) is 0 Å². The molecule has 2 aliphatic rings. The van der Waals surface area contributed by atoms with Gasteiger partial charge >= 0.3 is 12.1 Å². The van der Waals surface area contributed by atoms with E-state index >= 15 is 0 Å². The summed E-state index contributed by atoms with van der Waals surface area (Å²) in [5.74, 6) is -0.0347. The molecule has 5 amide bonds. The van der Waals surface area contributed by atoms with Crippen molar-refractivity contribution in [2.45, 2.75) is 6.42 Å². The van der Waals surface area contributed by atoms with Crippen LogP contribution in [0.5, 0.6) is 0 Å². The van der Waals surface area contributed by atoms with Crippen molar-refractivity contribution < 1.29 is 14.4 Å². The predicted octanol–water partition coefficient (Wildman–Crippen LogP) is 1.02. The van der Waals surface area contributed by atoms with Crippen LogP contribution in [0.1, 0.15) is 6.42 Å². The third-order valence-corrected chi connectivity index (χ3v) is 4.85. The summed E-state index contributed by atoms with van der Waals surface area (Å²) in [6, 6.07) is 8.94. The van der Waals surface area contributed by atoms with Crippen LogP contribution in [0.2, 0.25) is 0 Å². The zero-order valence-corrected chi connectivity index (χ0v) is 15.2. The Morgan fingerprint density at radius 2 is 1.77 bits per heavy atom. The monoisotopic (exact) mass is 359 g/mol. The minimum absolute atomic E-state index is 0.0347. The molecule has 3 rings (SSSR count). The fraction of sp³-hybridized carbons (Fsp3) is 0.500. The number of hydrogen-bond acceptors (Lipinski definition) is 3. The lowest BCUT2D eigenvalue weighted by atomic mass is 9.86. The Morgan fingerprint density at radius 1 is 1.12 bits per heavy atom. The number of nitrogens with zero attached hydrogens (tertiary/aromatic N) is 3. The fourth-order valence-electron chi connectivity index (χ4n) is 3.58. The number of carbonyl (C=O) groups is 3. The smallest absolute Gasteiger partial charge is 0.321 e. The SMILES string of the molecule is CN(C)C(=O)N1CCN(C(=O)Nc2ccccc2)C[C@]2(CNC(=O)C2)C1. The Morgan fingerprint density at radius 3 is 2.38 bits per heavy atom. The number of carbonyl (C=O) groups excluding carboxylic acids is 3. The lowest BCUT2D eigenvalue weighted by Gasteiger charge is -2.33. The Labute approximate surface area is 153 Å². The molecule has 1 aromatic carbocycles. The van der Waals surface area contributed by atoms with Crippen LogP contribution < -0.4 is 10.6 Å². The highest BCUT2D eigenvalue weighted by atomic mass is 16.2. The first kappa shape index (κ1) is 18.0. The number of rotatable bonds is 1. The predicted molar refractivity (Wildman–Crippen MR) is 97.7 cm³/mol. The largest absolute Gasteiger partial charge is 0.355 e. The summed E-state index contributed by atoms with van der Waals surface area (Å²) in [5, 5.41) is 5.75. The fourth-order valence-corrected chi connectivity index (χ4v) is 3.58. The second-order valence-corrected chi connectivity index (χ2v) is 7.27. The van der Waals surface area contributed by atoms with Gasteiger partial charge in [-0.2, -0.15) is 0 Å². The van der Waals surface area contributed by atoms with Crippen LogP contribution in [0, 0.1) is 5.41 Å². The van der Waals surface area contributed by atoms with Gasteiger partial charge in [-0.05, 0) is 12.1 Å². The first-order chi connectivity index (χ1) is 12.4.